The zero-order valence-electron chi connectivity index (χ0n) is 11.2. The third-order valence-corrected chi connectivity index (χ3v) is 3.07. The number of aliphatic carboxylic acids is 1. The Kier molecular flexibility index (Phi) is 6.01. The van der Waals surface area contributed by atoms with Gasteiger partial charge in [0.15, 0.2) is 5.92 Å². The highest BCUT2D eigenvalue weighted by atomic mass is 19.4. The number of nitrogens with one attached hydrogen (secondary N) is 1. The van der Waals surface area contributed by atoms with Crippen LogP contribution in [-0.2, 0) is 11.2 Å². The van der Waals surface area contributed by atoms with Crippen LogP contribution < -0.4 is 5.32 Å². The molecule has 1 aromatic rings. The van der Waals surface area contributed by atoms with Gasteiger partial charge < -0.3 is 10.4 Å². The van der Waals surface area contributed by atoms with Crippen LogP contribution in [0.5, 0.6) is 0 Å². The van der Waals surface area contributed by atoms with E-state index in [1.807, 2.05) is 30.3 Å². The summed E-state index contributed by atoms with van der Waals surface area (Å²) in [5, 5.41) is 11.2. The summed E-state index contributed by atoms with van der Waals surface area (Å²) < 4.78 is 37.4. The molecular formula is C14H18F3NO2. The van der Waals surface area contributed by atoms with Gasteiger partial charge >= 0.3 is 12.1 Å². The van der Waals surface area contributed by atoms with E-state index < -0.39 is 24.6 Å². The molecule has 0 radical (unpaired) electrons. The van der Waals surface area contributed by atoms with E-state index in [1.165, 1.54) is 0 Å². The van der Waals surface area contributed by atoms with Gasteiger partial charge in [0.05, 0.1) is 0 Å². The summed E-state index contributed by atoms with van der Waals surface area (Å²) in [5.74, 6) is -4.21. The summed E-state index contributed by atoms with van der Waals surface area (Å²) in [6.45, 7) is 1.15. The fourth-order valence-electron chi connectivity index (χ4n) is 1.79. The number of rotatable bonds is 7. The number of carbonyl (C=O) groups is 1. The smallest absolute Gasteiger partial charge is 0.403 e. The maximum Gasteiger partial charge on any atom is 0.403 e. The molecule has 0 fully saturated rings. The quantitative estimate of drug-likeness (QED) is 0.811. The van der Waals surface area contributed by atoms with Crippen LogP contribution in [0, 0.1) is 5.92 Å². The predicted molar refractivity (Wildman–Crippen MR) is 69.4 cm³/mol. The van der Waals surface area contributed by atoms with Gasteiger partial charge in [0, 0.05) is 12.6 Å². The highest BCUT2D eigenvalue weighted by molar-refractivity contribution is 5.71. The lowest BCUT2D eigenvalue weighted by atomic mass is 10.0. The summed E-state index contributed by atoms with van der Waals surface area (Å²) in [6, 6.07) is 9.41. The molecule has 20 heavy (non-hydrogen) atoms. The Labute approximate surface area is 115 Å². The second kappa shape index (κ2) is 7.28. The van der Waals surface area contributed by atoms with Crippen molar-refractivity contribution in [1.29, 1.82) is 0 Å². The fourth-order valence-corrected chi connectivity index (χ4v) is 1.79. The number of carboxylic acids is 1. The van der Waals surface area contributed by atoms with Gasteiger partial charge in [-0.3, -0.25) is 4.79 Å². The normalized spacial score (nSPS) is 14.8. The fraction of sp³-hybridized carbons (Fsp3) is 0.500. The second-order valence-corrected chi connectivity index (χ2v) is 4.77. The van der Waals surface area contributed by atoms with Crippen molar-refractivity contribution in [2.75, 3.05) is 6.54 Å². The van der Waals surface area contributed by atoms with Crippen molar-refractivity contribution in [3.63, 3.8) is 0 Å². The molecule has 3 nitrogen and oxygen atoms in total. The average molecular weight is 289 g/mol. The molecule has 6 heteroatoms. The molecule has 112 valence electrons. The zero-order chi connectivity index (χ0) is 15.2. The lowest BCUT2D eigenvalue weighted by Crippen LogP contribution is -2.42. The van der Waals surface area contributed by atoms with Crippen molar-refractivity contribution in [1.82, 2.24) is 5.32 Å². The number of alkyl halides is 3. The second-order valence-electron chi connectivity index (χ2n) is 4.77. The molecule has 2 unspecified atom stereocenters. The average Bonchev–Trinajstić information content (AvgIpc) is 2.35. The Balaban J connectivity index is 2.39. The van der Waals surface area contributed by atoms with Crippen molar-refractivity contribution in [3.8, 4) is 0 Å². The van der Waals surface area contributed by atoms with Gasteiger partial charge in [-0.05, 0) is 25.3 Å². The molecule has 2 atom stereocenters. The first-order chi connectivity index (χ1) is 9.30. The number of benzene rings is 1. The molecule has 1 aromatic carbocycles. The van der Waals surface area contributed by atoms with Gasteiger partial charge in [-0.15, -0.1) is 0 Å². The number of halogens is 3. The van der Waals surface area contributed by atoms with Crippen molar-refractivity contribution >= 4 is 5.97 Å². The maximum atomic E-state index is 12.5. The van der Waals surface area contributed by atoms with Crippen LogP contribution in [0.4, 0.5) is 13.2 Å². The molecular weight excluding hydrogens is 271 g/mol. The van der Waals surface area contributed by atoms with Gasteiger partial charge in [-0.1, -0.05) is 30.3 Å². The molecule has 0 saturated heterocycles. The minimum Gasteiger partial charge on any atom is -0.481 e. The summed E-state index contributed by atoms with van der Waals surface area (Å²) >= 11 is 0. The molecule has 0 aliphatic carbocycles. The summed E-state index contributed by atoms with van der Waals surface area (Å²) in [4.78, 5) is 10.6. The molecule has 1 rings (SSSR count). The number of aryl methyl sites for hydroxylation is 1. The van der Waals surface area contributed by atoms with Crippen LogP contribution in [-0.4, -0.2) is 29.8 Å². The molecule has 0 aliphatic rings. The van der Waals surface area contributed by atoms with E-state index in [-0.39, 0.29) is 6.04 Å². The van der Waals surface area contributed by atoms with Crippen molar-refractivity contribution in [2.45, 2.75) is 32.0 Å². The third kappa shape index (κ3) is 5.61. The third-order valence-electron chi connectivity index (χ3n) is 3.07. The van der Waals surface area contributed by atoms with E-state index in [2.05, 4.69) is 5.32 Å². The summed E-state index contributed by atoms with van der Waals surface area (Å²) in [6.07, 6.45) is -3.34. The molecule has 0 aliphatic heterocycles. The van der Waals surface area contributed by atoms with Gasteiger partial charge in [-0.25, -0.2) is 0 Å². The molecule has 2 N–H and O–H groups in total. The Morgan fingerprint density at radius 1 is 1.30 bits per heavy atom. The van der Waals surface area contributed by atoms with E-state index >= 15 is 0 Å². The first-order valence-corrected chi connectivity index (χ1v) is 6.37. The molecule has 0 bridgehead atoms. The Hall–Kier alpha value is -1.56. The predicted octanol–water partition coefficient (Wildman–Crippen LogP) is 2.86. The SMILES string of the molecule is CC(CCc1ccccc1)NCC(C(=O)O)C(F)(F)F. The minimum absolute atomic E-state index is 0.181. The molecule has 0 aromatic heterocycles. The monoisotopic (exact) mass is 289 g/mol. The van der Waals surface area contributed by atoms with Gasteiger partial charge in [0.1, 0.15) is 0 Å². The van der Waals surface area contributed by atoms with Gasteiger partial charge in [0.2, 0.25) is 0 Å². The van der Waals surface area contributed by atoms with Crippen molar-refractivity contribution < 1.29 is 23.1 Å². The van der Waals surface area contributed by atoms with Crippen LogP contribution >= 0.6 is 0 Å². The Bertz CT molecular complexity index is 420. The lowest BCUT2D eigenvalue weighted by molar-refractivity contribution is -0.192. The Morgan fingerprint density at radius 3 is 2.40 bits per heavy atom. The van der Waals surface area contributed by atoms with E-state index in [9.17, 15) is 18.0 Å². The van der Waals surface area contributed by atoms with Gasteiger partial charge in [0.25, 0.3) is 0 Å². The van der Waals surface area contributed by atoms with Crippen molar-refractivity contribution in [2.24, 2.45) is 5.92 Å². The van der Waals surface area contributed by atoms with E-state index in [0.29, 0.717) is 6.42 Å². The van der Waals surface area contributed by atoms with E-state index in [4.69, 9.17) is 5.11 Å². The molecule has 0 heterocycles. The largest absolute Gasteiger partial charge is 0.481 e. The van der Waals surface area contributed by atoms with Crippen LogP contribution in [0.25, 0.3) is 0 Å². The van der Waals surface area contributed by atoms with Crippen molar-refractivity contribution in [3.05, 3.63) is 35.9 Å². The molecule has 0 saturated carbocycles. The first kappa shape index (κ1) is 16.5. The van der Waals surface area contributed by atoms with E-state index in [0.717, 1.165) is 12.0 Å². The minimum atomic E-state index is -4.72. The number of hydrogen-bond acceptors (Lipinski definition) is 2. The summed E-state index contributed by atoms with van der Waals surface area (Å²) in [5.41, 5.74) is 1.10. The first-order valence-electron chi connectivity index (χ1n) is 6.37. The number of hydrogen-bond donors (Lipinski definition) is 2. The Morgan fingerprint density at radius 2 is 1.90 bits per heavy atom. The zero-order valence-corrected chi connectivity index (χ0v) is 11.2. The van der Waals surface area contributed by atoms with Gasteiger partial charge in [-0.2, -0.15) is 13.2 Å². The van der Waals surface area contributed by atoms with E-state index in [1.54, 1.807) is 6.92 Å². The van der Waals surface area contributed by atoms with Crippen LogP contribution in [0.2, 0.25) is 0 Å². The maximum absolute atomic E-state index is 12.5. The highest BCUT2D eigenvalue weighted by Gasteiger charge is 2.44. The van der Waals surface area contributed by atoms with Crippen LogP contribution in [0.15, 0.2) is 30.3 Å². The molecule has 0 amide bonds. The molecule has 0 spiro atoms. The standard InChI is InChI=1S/C14H18F3NO2/c1-10(7-8-11-5-3-2-4-6-11)18-9-12(13(19)20)14(15,16)17/h2-6,10,12,18H,7-9H2,1H3,(H,19,20). The summed E-state index contributed by atoms with van der Waals surface area (Å²) in [7, 11) is 0. The topological polar surface area (TPSA) is 49.3 Å². The van der Waals surface area contributed by atoms with Crippen LogP contribution in [0.1, 0.15) is 18.9 Å². The van der Waals surface area contributed by atoms with Crippen LogP contribution in [0.3, 0.4) is 0 Å². The number of carboxylic acid groups (broad SMARTS) is 1. The highest BCUT2D eigenvalue weighted by Crippen LogP contribution is 2.26. The lowest BCUT2D eigenvalue weighted by Gasteiger charge is -2.20.